The summed E-state index contributed by atoms with van der Waals surface area (Å²) < 4.78 is 6.57. The van der Waals surface area contributed by atoms with E-state index in [0.717, 1.165) is 26.6 Å². The fourth-order valence-corrected chi connectivity index (χ4v) is 4.19. The second-order valence-electron chi connectivity index (χ2n) is 7.20. The number of aryl methyl sites for hydroxylation is 2. The van der Waals surface area contributed by atoms with E-state index >= 15 is 0 Å². The summed E-state index contributed by atoms with van der Waals surface area (Å²) in [6.45, 7) is 7.93. The van der Waals surface area contributed by atoms with Crippen LogP contribution in [0, 0.1) is 19.8 Å². The summed E-state index contributed by atoms with van der Waals surface area (Å²) in [4.78, 5) is 31.6. The summed E-state index contributed by atoms with van der Waals surface area (Å²) in [6, 6.07) is 7.49. The fourth-order valence-electron chi connectivity index (χ4n) is 3.20. The summed E-state index contributed by atoms with van der Waals surface area (Å²) in [5.74, 6) is 0.740. The molecule has 3 rings (SSSR count). The molecule has 148 valence electrons. The highest BCUT2D eigenvalue weighted by Crippen LogP contribution is 2.26. The van der Waals surface area contributed by atoms with Gasteiger partial charge in [-0.1, -0.05) is 26.0 Å². The highest BCUT2D eigenvalue weighted by atomic mass is 32.1. The van der Waals surface area contributed by atoms with Crippen LogP contribution < -0.4 is 15.6 Å². The Bertz CT molecular complexity index is 1050. The molecule has 1 N–H and O–H groups in total. The molecule has 0 bridgehead atoms. The molecule has 0 fully saturated rings. The van der Waals surface area contributed by atoms with Gasteiger partial charge in [0.1, 0.15) is 17.1 Å². The number of fused-ring (bicyclic) bond motifs is 1. The molecule has 1 atom stereocenters. The molecule has 2 heterocycles. The van der Waals surface area contributed by atoms with Crippen molar-refractivity contribution < 1.29 is 9.53 Å². The van der Waals surface area contributed by atoms with E-state index in [0.29, 0.717) is 5.39 Å². The first kappa shape index (κ1) is 20.1. The van der Waals surface area contributed by atoms with Crippen molar-refractivity contribution in [2.24, 2.45) is 5.92 Å². The fraction of sp³-hybridized carbons (Fsp3) is 0.381. The first-order valence-electron chi connectivity index (χ1n) is 9.20. The lowest BCUT2D eigenvalue weighted by atomic mass is 9.96. The van der Waals surface area contributed by atoms with Gasteiger partial charge in [-0.05, 0) is 43.0 Å². The molecule has 2 aromatic heterocycles. The van der Waals surface area contributed by atoms with Gasteiger partial charge in [-0.15, -0.1) is 11.3 Å². The number of nitrogens with zero attached hydrogens (tertiary/aromatic N) is 2. The minimum absolute atomic E-state index is 0.0600. The second-order valence-corrected chi connectivity index (χ2v) is 8.41. The van der Waals surface area contributed by atoms with E-state index in [1.807, 2.05) is 52.0 Å². The summed E-state index contributed by atoms with van der Waals surface area (Å²) in [5, 5.41) is 3.65. The summed E-state index contributed by atoms with van der Waals surface area (Å²) >= 11 is 1.50. The van der Waals surface area contributed by atoms with E-state index in [4.69, 9.17) is 4.74 Å². The normalized spacial score (nSPS) is 12.4. The Hall–Kier alpha value is -2.67. The highest BCUT2D eigenvalue weighted by molar-refractivity contribution is 7.18. The standard InChI is InChI=1S/C21H25N3O3S/c1-12(2)19(15-6-8-16(27-5)9-7-15)23-17(25)10-24-11-22-20-18(21(24)26)13(3)14(4)28-20/h6-9,11-12,19H,10H2,1-5H3,(H,23,25)/t19-/m0/s1. The molecule has 0 spiro atoms. The number of ether oxygens (including phenoxy) is 1. The maximum Gasteiger partial charge on any atom is 0.262 e. The summed E-state index contributed by atoms with van der Waals surface area (Å²) in [7, 11) is 1.62. The Morgan fingerprint density at radius 1 is 1.25 bits per heavy atom. The molecule has 0 aliphatic heterocycles. The zero-order valence-electron chi connectivity index (χ0n) is 16.8. The number of benzene rings is 1. The Labute approximate surface area is 168 Å². The Kier molecular flexibility index (Phi) is 5.84. The number of hydrogen-bond acceptors (Lipinski definition) is 5. The van der Waals surface area contributed by atoms with Crippen LogP contribution in [0.15, 0.2) is 35.4 Å². The number of carbonyl (C=O) groups is 1. The first-order chi connectivity index (χ1) is 13.3. The van der Waals surface area contributed by atoms with Gasteiger partial charge < -0.3 is 10.1 Å². The third-order valence-corrected chi connectivity index (χ3v) is 6.04. The van der Waals surface area contributed by atoms with Gasteiger partial charge in [-0.25, -0.2) is 4.98 Å². The molecule has 0 aliphatic rings. The second kappa shape index (κ2) is 8.14. The van der Waals surface area contributed by atoms with Crippen molar-refractivity contribution in [2.75, 3.05) is 7.11 Å². The molecule has 7 heteroatoms. The van der Waals surface area contributed by atoms with Crippen LogP contribution >= 0.6 is 11.3 Å². The van der Waals surface area contributed by atoms with Crippen LogP contribution in [-0.2, 0) is 11.3 Å². The smallest absolute Gasteiger partial charge is 0.262 e. The minimum Gasteiger partial charge on any atom is -0.497 e. The van der Waals surface area contributed by atoms with E-state index in [1.54, 1.807) is 7.11 Å². The third-order valence-electron chi connectivity index (χ3n) is 4.93. The van der Waals surface area contributed by atoms with Gasteiger partial charge in [-0.3, -0.25) is 14.2 Å². The van der Waals surface area contributed by atoms with Crippen molar-refractivity contribution in [1.29, 1.82) is 0 Å². The molecule has 0 saturated heterocycles. The van der Waals surface area contributed by atoms with Crippen molar-refractivity contribution in [1.82, 2.24) is 14.9 Å². The molecule has 0 saturated carbocycles. The lowest BCUT2D eigenvalue weighted by molar-refractivity contribution is -0.122. The number of carbonyl (C=O) groups excluding carboxylic acids is 1. The SMILES string of the molecule is COc1ccc([C@@H](NC(=O)Cn2cnc3sc(C)c(C)c3c2=O)C(C)C)cc1. The van der Waals surface area contributed by atoms with Gasteiger partial charge in [0.2, 0.25) is 5.91 Å². The highest BCUT2D eigenvalue weighted by Gasteiger charge is 2.20. The average Bonchev–Trinajstić information content (AvgIpc) is 2.96. The van der Waals surface area contributed by atoms with Crippen LogP contribution in [0.1, 0.15) is 35.9 Å². The van der Waals surface area contributed by atoms with Crippen molar-refractivity contribution in [3.8, 4) is 5.75 Å². The number of hydrogen-bond donors (Lipinski definition) is 1. The van der Waals surface area contributed by atoms with Crippen molar-refractivity contribution >= 4 is 27.5 Å². The zero-order chi connectivity index (χ0) is 20.4. The Morgan fingerprint density at radius 3 is 2.54 bits per heavy atom. The number of amides is 1. The Morgan fingerprint density at radius 2 is 1.93 bits per heavy atom. The van der Waals surface area contributed by atoms with Gasteiger partial charge in [0, 0.05) is 4.88 Å². The van der Waals surface area contributed by atoms with Crippen LogP contribution in [0.25, 0.3) is 10.2 Å². The molecular formula is C21H25N3O3S. The number of nitrogens with one attached hydrogen (secondary N) is 1. The lowest BCUT2D eigenvalue weighted by Crippen LogP contribution is -2.36. The molecule has 1 aromatic carbocycles. The molecule has 6 nitrogen and oxygen atoms in total. The monoisotopic (exact) mass is 399 g/mol. The molecule has 0 unspecified atom stereocenters. The van der Waals surface area contributed by atoms with Gasteiger partial charge in [0.05, 0.1) is 24.9 Å². The van der Waals surface area contributed by atoms with E-state index in [-0.39, 0.29) is 30.0 Å². The largest absolute Gasteiger partial charge is 0.497 e. The molecular weight excluding hydrogens is 374 g/mol. The zero-order valence-corrected chi connectivity index (χ0v) is 17.6. The molecule has 0 radical (unpaired) electrons. The molecule has 28 heavy (non-hydrogen) atoms. The van der Waals surface area contributed by atoms with Crippen LogP contribution in [0.3, 0.4) is 0 Å². The third kappa shape index (κ3) is 3.94. The predicted octanol–water partition coefficient (Wildman–Crippen LogP) is 3.60. The van der Waals surface area contributed by atoms with E-state index in [2.05, 4.69) is 10.3 Å². The van der Waals surface area contributed by atoms with Crippen LogP contribution in [0.5, 0.6) is 5.75 Å². The average molecular weight is 400 g/mol. The van der Waals surface area contributed by atoms with Crippen LogP contribution in [0.4, 0.5) is 0 Å². The lowest BCUT2D eigenvalue weighted by Gasteiger charge is -2.23. The molecule has 0 aliphatic carbocycles. The predicted molar refractivity (Wildman–Crippen MR) is 112 cm³/mol. The number of thiophene rings is 1. The number of methoxy groups -OCH3 is 1. The maximum absolute atomic E-state index is 12.8. The van der Waals surface area contributed by atoms with Crippen LogP contribution in [-0.4, -0.2) is 22.6 Å². The van der Waals surface area contributed by atoms with Crippen molar-refractivity contribution in [3.63, 3.8) is 0 Å². The van der Waals surface area contributed by atoms with E-state index in [9.17, 15) is 9.59 Å². The summed E-state index contributed by atoms with van der Waals surface area (Å²) in [5.41, 5.74) is 1.76. The van der Waals surface area contributed by atoms with Gasteiger partial charge in [0.25, 0.3) is 5.56 Å². The summed E-state index contributed by atoms with van der Waals surface area (Å²) in [6.07, 6.45) is 1.46. The maximum atomic E-state index is 12.8. The topological polar surface area (TPSA) is 73.2 Å². The van der Waals surface area contributed by atoms with Gasteiger partial charge in [0.15, 0.2) is 0 Å². The van der Waals surface area contributed by atoms with Crippen molar-refractivity contribution in [3.05, 3.63) is 57.0 Å². The van der Waals surface area contributed by atoms with Crippen molar-refractivity contribution in [2.45, 2.75) is 40.3 Å². The van der Waals surface area contributed by atoms with E-state index in [1.165, 1.54) is 22.2 Å². The number of aromatic nitrogens is 2. The van der Waals surface area contributed by atoms with Gasteiger partial charge >= 0.3 is 0 Å². The Balaban J connectivity index is 1.81. The minimum atomic E-state index is -0.220. The quantitative estimate of drug-likeness (QED) is 0.687. The molecule has 1 amide bonds. The van der Waals surface area contributed by atoms with Crippen LogP contribution in [0.2, 0.25) is 0 Å². The number of rotatable bonds is 6. The van der Waals surface area contributed by atoms with Gasteiger partial charge in [-0.2, -0.15) is 0 Å². The molecule has 3 aromatic rings. The van der Waals surface area contributed by atoms with E-state index < -0.39 is 0 Å². The first-order valence-corrected chi connectivity index (χ1v) is 10.0.